The van der Waals surface area contributed by atoms with Crippen LogP contribution in [0, 0.1) is 0 Å². The standard InChI is InChI=1S/C16H21N3OS/c1-11(8-14-4-3-7-21-14)19(2)10-13-6-5-12(16(18)20)9-15(13)17/h3-7,9,11H,8,10,17H2,1-2H3,(H2,18,20). The monoisotopic (exact) mass is 303 g/mol. The molecule has 0 radical (unpaired) electrons. The van der Waals surface area contributed by atoms with Crippen molar-refractivity contribution in [1.29, 1.82) is 0 Å². The lowest BCUT2D eigenvalue weighted by atomic mass is 10.1. The fraction of sp³-hybridized carbons (Fsp3) is 0.312. The number of primary amides is 1. The molecule has 1 atom stereocenters. The van der Waals surface area contributed by atoms with E-state index in [0.29, 0.717) is 17.3 Å². The van der Waals surface area contributed by atoms with E-state index in [1.54, 1.807) is 23.5 Å². The van der Waals surface area contributed by atoms with Gasteiger partial charge >= 0.3 is 0 Å². The van der Waals surface area contributed by atoms with Crippen LogP contribution in [-0.4, -0.2) is 23.9 Å². The molecule has 5 heteroatoms. The number of hydrogen-bond acceptors (Lipinski definition) is 4. The van der Waals surface area contributed by atoms with E-state index >= 15 is 0 Å². The smallest absolute Gasteiger partial charge is 0.248 e. The molecule has 1 unspecified atom stereocenters. The first-order valence-corrected chi connectivity index (χ1v) is 7.76. The number of likely N-dealkylation sites (N-methyl/N-ethyl adjacent to an activating group) is 1. The average molecular weight is 303 g/mol. The second-order valence-corrected chi connectivity index (χ2v) is 6.36. The first-order valence-electron chi connectivity index (χ1n) is 6.88. The van der Waals surface area contributed by atoms with Crippen LogP contribution in [0.5, 0.6) is 0 Å². The summed E-state index contributed by atoms with van der Waals surface area (Å²) in [6.45, 7) is 2.95. The van der Waals surface area contributed by atoms with Crippen molar-refractivity contribution in [3.8, 4) is 0 Å². The van der Waals surface area contributed by atoms with Crippen molar-refractivity contribution >= 4 is 22.9 Å². The van der Waals surface area contributed by atoms with Crippen molar-refractivity contribution in [3.05, 3.63) is 51.7 Å². The quantitative estimate of drug-likeness (QED) is 0.805. The summed E-state index contributed by atoms with van der Waals surface area (Å²) in [6, 6.07) is 9.91. The van der Waals surface area contributed by atoms with Gasteiger partial charge in [-0.15, -0.1) is 11.3 Å². The van der Waals surface area contributed by atoms with Crippen LogP contribution in [-0.2, 0) is 13.0 Å². The second kappa shape index (κ2) is 6.74. The number of nitrogen functional groups attached to an aromatic ring is 1. The maximum atomic E-state index is 11.1. The van der Waals surface area contributed by atoms with Gasteiger partial charge in [-0.3, -0.25) is 9.69 Å². The molecule has 0 saturated carbocycles. The molecule has 4 nitrogen and oxygen atoms in total. The highest BCUT2D eigenvalue weighted by Crippen LogP contribution is 2.19. The van der Waals surface area contributed by atoms with Gasteiger partial charge < -0.3 is 11.5 Å². The topological polar surface area (TPSA) is 72.3 Å². The Bertz CT molecular complexity index is 610. The van der Waals surface area contributed by atoms with Gasteiger partial charge in [0.05, 0.1) is 0 Å². The molecule has 0 fully saturated rings. The molecule has 0 saturated heterocycles. The third-order valence-electron chi connectivity index (χ3n) is 3.68. The van der Waals surface area contributed by atoms with Crippen LogP contribution in [0.15, 0.2) is 35.7 Å². The van der Waals surface area contributed by atoms with E-state index in [0.717, 1.165) is 18.5 Å². The van der Waals surface area contributed by atoms with Gasteiger partial charge in [0.1, 0.15) is 0 Å². The highest BCUT2D eigenvalue weighted by atomic mass is 32.1. The van der Waals surface area contributed by atoms with Crippen LogP contribution in [0.2, 0.25) is 0 Å². The minimum Gasteiger partial charge on any atom is -0.398 e. The van der Waals surface area contributed by atoms with Crippen molar-refractivity contribution in [1.82, 2.24) is 4.90 Å². The molecule has 1 aromatic carbocycles. The zero-order valence-corrected chi connectivity index (χ0v) is 13.2. The number of thiophene rings is 1. The Hall–Kier alpha value is -1.85. The molecule has 21 heavy (non-hydrogen) atoms. The van der Waals surface area contributed by atoms with Crippen molar-refractivity contribution in [2.24, 2.45) is 5.73 Å². The fourth-order valence-corrected chi connectivity index (χ4v) is 3.02. The molecule has 4 N–H and O–H groups in total. The summed E-state index contributed by atoms with van der Waals surface area (Å²) in [5, 5.41) is 2.10. The lowest BCUT2D eigenvalue weighted by molar-refractivity contribution is 0.100. The third kappa shape index (κ3) is 4.06. The SMILES string of the molecule is CC(Cc1cccs1)N(C)Cc1ccc(C(N)=O)cc1N. The number of rotatable bonds is 6. The molecule has 0 spiro atoms. The number of hydrogen-bond donors (Lipinski definition) is 2. The highest BCUT2D eigenvalue weighted by Gasteiger charge is 2.13. The number of anilines is 1. The summed E-state index contributed by atoms with van der Waals surface area (Å²) in [7, 11) is 2.08. The van der Waals surface area contributed by atoms with E-state index in [-0.39, 0.29) is 0 Å². The average Bonchev–Trinajstić information content (AvgIpc) is 2.93. The molecule has 1 heterocycles. The number of nitrogens with two attached hydrogens (primary N) is 2. The minimum atomic E-state index is -0.451. The summed E-state index contributed by atoms with van der Waals surface area (Å²) in [5.74, 6) is -0.451. The Morgan fingerprint density at radius 1 is 1.38 bits per heavy atom. The Kier molecular flexibility index (Phi) is 4.98. The highest BCUT2D eigenvalue weighted by molar-refractivity contribution is 7.09. The van der Waals surface area contributed by atoms with E-state index in [1.165, 1.54) is 4.88 Å². The normalized spacial score (nSPS) is 12.5. The molecule has 0 aliphatic rings. The molecule has 2 rings (SSSR count). The Labute approximate surface area is 129 Å². The van der Waals surface area contributed by atoms with Crippen LogP contribution in [0.3, 0.4) is 0 Å². The van der Waals surface area contributed by atoms with E-state index in [9.17, 15) is 4.79 Å². The molecule has 0 aliphatic heterocycles. The van der Waals surface area contributed by atoms with Crippen molar-refractivity contribution in [2.75, 3.05) is 12.8 Å². The maximum Gasteiger partial charge on any atom is 0.248 e. The van der Waals surface area contributed by atoms with Crippen molar-refractivity contribution < 1.29 is 4.79 Å². The third-order valence-corrected chi connectivity index (χ3v) is 4.58. The van der Waals surface area contributed by atoms with Crippen LogP contribution in [0.25, 0.3) is 0 Å². The maximum absolute atomic E-state index is 11.1. The summed E-state index contributed by atoms with van der Waals surface area (Å²) < 4.78 is 0. The number of nitrogens with zero attached hydrogens (tertiary/aromatic N) is 1. The lowest BCUT2D eigenvalue weighted by Gasteiger charge is -2.25. The van der Waals surface area contributed by atoms with E-state index in [4.69, 9.17) is 11.5 Å². The fourth-order valence-electron chi connectivity index (χ4n) is 2.19. The van der Waals surface area contributed by atoms with Crippen LogP contribution >= 0.6 is 11.3 Å². The van der Waals surface area contributed by atoms with Crippen LogP contribution < -0.4 is 11.5 Å². The second-order valence-electron chi connectivity index (χ2n) is 5.33. The molecular formula is C16H21N3OS. The molecule has 1 amide bonds. The van der Waals surface area contributed by atoms with Gasteiger partial charge in [0.25, 0.3) is 0 Å². The van der Waals surface area contributed by atoms with Crippen molar-refractivity contribution in [3.63, 3.8) is 0 Å². The van der Waals surface area contributed by atoms with Gasteiger partial charge in [-0.25, -0.2) is 0 Å². The van der Waals surface area contributed by atoms with E-state index in [1.807, 2.05) is 6.07 Å². The molecule has 2 aromatic rings. The summed E-state index contributed by atoms with van der Waals surface area (Å²) in [5.41, 5.74) is 13.3. The zero-order valence-electron chi connectivity index (χ0n) is 12.4. The zero-order chi connectivity index (χ0) is 15.4. The van der Waals surface area contributed by atoms with E-state index in [2.05, 4.69) is 36.4 Å². The van der Waals surface area contributed by atoms with Crippen LogP contribution in [0.1, 0.15) is 27.7 Å². The first kappa shape index (κ1) is 15.5. The summed E-state index contributed by atoms with van der Waals surface area (Å²) in [6.07, 6.45) is 1.02. The molecular weight excluding hydrogens is 282 g/mol. The van der Waals surface area contributed by atoms with E-state index < -0.39 is 5.91 Å². The molecule has 0 bridgehead atoms. The van der Waals surface area contributed by atoms with Gasteiger partial charge in [-0.05, 0) is 49.5 Å². The molecule has 0 aliphatic carbocycles. The van der Waals surface area contributed by atoms with Gasteiger partial charge in [-0.1, -0.05) is 12.1 Å². The summed E-state index contributed by atoms with van der Waals surface area (Å²) >= 11 is 1.78. The van der Waals surface area contributed by atoms with Gasteiger partial charge in [0.15, 0.2) is 0 Å². The predicted molar refractivity (Wildman–Crippen MR) is 88.3 cm³/mol. The first-order chi connectivity index (χ1) is 9.97. The van der Waals surface area contributed by atoms with Crippen LogP contribution in [0.4, 0.5) is 5.69 Å². The number of carbonyl (C=O) groups is 1. The lowest BCUT2D eigenvalue weighted by Crippen LogP contribution is -2.30. The van der Waals surface area contributed by atoms with Gasteiger partial charge in [0.2, 0.25) is 5.91 Å². The summed E-state index contributed by atoms with van der Waals surface area (Å²) in [4.78, 5) is 14.8. The predicted octanol–water partition coefficient (Wildman–Crippen LogP) is 2.49. The number of benzene rings is 1. The minimum absolute atomic E-state index is 0.416. The number of carbonyl (C=O) groups excluding carboxylic acids is 1. The van der Waals surface area contributed by atoms with Gasteiger partial charge in [0, 0.05) is 28.7 Å². The van der Waals surface area contributed by atoms with Gasteiger partial charge in [-0.2, -0.15) is 0 Å². The molecule has 1 aromatic heterocycles. The largest absolute Gasteiger partial charge is 0.398 e. The van der Waals surface area contributed by atoms with Crippen molar-refractivity contribution in [2.45, 2.75) is 25.9 Å². The Morgan fingerprint density at radius 3 is 2.71 bits per heavy atom. The number of amides is 1. The molecule has 112 valence electrons. The Morgan fingerprint density at radius 2 is 2.14 bits per heavy atom. The Balaban J connectivity index is 2.01.